The predicted molar refractivity (Wildman–Crippen MR) is 332 cm³/mol. The van der Waals surface area contributed by atoms with Crippen molar-refractivity contribution < 1.29 is 0 Å². The maximum Gasteiger partial charge on any atom is 0.0754 e. The van der Waals surface area contributed by atoms with Crippen LogP contribution >= 0.6 is 0 Å². The summed E-state index contributed by atoms with van der Waals surface area (Å²) in [5.41, 5.74) is 26.1. The molecule has 0 N–H and O–H groups in total. The predicted octanol–water partition coefficient (Wildman–Crippen LogP) is 19.8. The van der Waals surface area contributed by atoms with Gasteiger partial charge in [-0.2, -0.15) is 0 Å². The van der Waals surface area contributed by atoms with Crippen LogP contribution in [0.2, 0.25) is 0 Å². The van der Waals surface area contributed by atoms with Crippen LogP contribution in [0.5, 0.6) is 0 Å². The molecule has 1 aliphatic heterocycles. The summed E-state index contributed by atoms with van der Waals surface area (Å²) in [6, 6.07) is 114. The third-order valence-electron chi connectivity index (χ3n) is 18.1. The van der Waals surface area contributed by atoms with E-state index in [-0.39, 0.29) is 0 Å². The summed E-state index contributed by atoms with van der Waals surface area (Å²) in [6.45, 7) is 0. The molecule has 1 atom stereocenters. The molecule has 17 rings (SSSR count). The fourth-order valence-electron chi connectivity index (χ4n) is 14.9. The Morgan fingerprint density at radius 1 is 0.263 bits per heavy atom. The summed E-state index contributed by atoms with van der Waals surface area (Å²) in [5, 5.41) is 5.05. The smallest absolute Gasteiger partial charge is 0.0754 e. The van der Waals surface area contributed by atoms with Crippen LogP contribution in [0, 0.1) is 0 Å². The molecular formula is C78H50N2. The number of benzene rings is 13. The number of hydrogen-bond acceptors (Lipinski definition) is 1. The summed E-state index contributed by atoms with van der Waals surface area (Å²) < 4.78 is 2.53. The highest BCUT2D eigenvalue weighted by molar-refractivity contribution is 6.13. The van der Waals surface area contributed by atoms with Gasteiger partial charge in [0, 0.05) is 27.8 Å². The molecule has 14 aromatic rings. The van der Waals surface area contributed by atoms with Crippen molar-refractivity contribution in [3.8, 4) is 50.2 Å². The zero-order chi connectivity index (χ0) is 52.5. The molecule has 0 fully saturated rings. The van der Waals surface area contributed by atoms with Crippen molar-refractivity contribution in [2.45, 2.75) is 10.8 Å². The molecule has 0 saturated heterocycles. The fraction of sp³-hybridized carbons (Fsp3) is 0.0256. The fourth-order valence-corrected chi connectivity index (χ4v) is 14.9. The highest BCUT2D eigenvalue weighted by Crippen LogP contribution is 2.62. The molecule has 1 aromatic heterocycles. The molecule has 3 aliphatic rings. The van der Waals surface area contributed by atoms with Crippen LogP contribution in [-0.2, 0) is 10.8 Å². The van der Waals surface area contributed by atoms with Crippen LogP contribution in [0.1, 0.15) is 44.5 Å². The first-order chi connectivity index (χ1) is 39.7. The number of anilines is 3. The van der Waals surface area contributed by atoms with Gasteiger partial charge in [-0.3, -0.25) is 0 Å². The highest BCUT2D eigenvalue weighted by atomic mass is 15.1. The molecular weight excluding hydrogens is 965 g/mol. The standard InChI is InChI=1S/C78H50N2/c1-3-23-55(24-4-1)77(56-25-5-2-6-26-56)68-34-12-9-29-62(68)65-47-45-59(50-73(65)77)79(57-43-40-52(41-44-57)61-32-18-21-51-20-7-8-28-60(51)61)58-27-17-22-53(48-58)54-42-46-64-63-30-10-13-35-69(63)78(72(64)49-54)70-36-14-16-39-75(70)80-74-38-15-11-31-66(74)67-33-19-37-71(78)76(67)80/h1-50H. The van der Waals surface area contributed by atoms with Crippen molar-refractivity contribution in [1.29, 1.82) is 0 Å². The summed E-state index contributed by atoms with van der Waals surface area (Å²) in [5.74, 6) is 0. The molecule has 2 heterocycles. The molecule has 0 bridgehead atoms. The Morgan fingerprint density at radius 3 is 1.54 bits per heavy atom. The number of para-hydroxylation sites is 3. The van der Waals surface area contributed by atoms with Crippen molar-refractivity contribution >= 4 is 49.6 Å². The van der Waals surface area contributed by atoms with Gasteiger partial charge in [-0.05, 0) is 154 Å². The van der Waals surface area contributed by atoms with E-state index in [9.17, 15) is 0 Å². The van der Waals surface area contributed by atoms with Crippen molar-refractivity contribution in [3.63, 3.8) is 0 Å². The van der Waals surface area contributed by atoms with E-state index in [0.717, 1.165) is 22.6 Å². The van der Waals surface area contributed by atoms with Gasteiger partial charge in [0.1, 0.15) is 0 Å². The average molecular weight is 1020 g/mol. The number of rotatable bonds is 7. The maximum atomic E-state index is 2.53. The largest absolute Gasteiger partial charge is 0.310 e. The Morgan fingerprint density at radius 2 is 0.762 bits per heavy atom. The van der Waals surface area contributed by atoms with Crippen LogP contribution < -0.4 is 4.90 Å². The molecule has 80 heavy (non-hydrogen) atoms. The Bertz CT molecular complexity index is 4790. The lowest BCUT2D eigenvalue weighted by Gasteiger charge is -2.39. The lowest BCUT2D eigenvalue weighted by atomic mass is 9.65. The molecule has 1 unspecified atom stereocenters. The van der Waals surface area contributed by atoms with Crippen LogP contribution in [0.3, 0.4) is 0 Å². The molecule has 2 nitrogen and oxygen atoms in total. The van der Waals surface area contributed by atoms with E-state index in [0.29, 0.717) is 0 Å². The molecule has 2 aliphatic carbocycles. The van der Waals surface area contributed by atoms with Gasteiger partial charge in [0.25, 0.3) is 0 Å². The van der Waals surface area contributed by atoms with E-state index in [4.69, 9.17) is 0 Å². The second-order valence-electron chi connectivity index (χ2n) is 21.8. The summed E-state index contributed by atoms with van der Waals surface area (Å²) in [7, 11) is 0. The van der Waals surface area contributed by atoms with Crippen molar-refractivity contribution in [1.82, 2.24) is 4.57 Å². The zero-order valence-corrected chi connectivity index (χ0v) is 43.8. The summed E-state index contributed by atoms with van der Waals surface area (Å²) >= 11 is 0. The van der Waals surface area contributed by atoms with Gasteiger partial charge in [-0.25, -0.2) is 0 Å². The number of aromatic nitrogens is 1. The third-order valence-corrected chi connectivity index (χ3v) is 18.1. The Hall–Kier alpha value is -10.3. The second kappa shape index (κ2) is 17.1. The van der Waals surface area contributed by atoms with Gasteiger partial charge in [0.2, 0.25) is 0 Å². The minimum absolute atomic E-state index is 0.551. The first kappa shape index (κ1) is 44.8. The highest BCUT2D eigenvalue weighted by Gasteiger charge is 2.51. The van der Waals surface area contributed by atoms with Crippen molar-refractivity contribution in [2.24, 2.45) is 0 Å². The molecule has 13 aromatic carbocycles. The number of fused-ring (bicyclic) bond motifs is 16. The normalized spacial score (nSPS) is 14.9. The monoisotopic (exact) mass is 1010 g/mol. The van der Waals surface area contributed by atoms with E-state index in [1.165, 1.54) is 122 Å². The Balaban J connectivity index is 0.875. The van der Waals surface area contributed by atoms with Gasteiger partial charge in [0.05, 0.1) is 27.6 Å². The van der Waals surface area contributed by atoms with E-state index in [1.807, 2.05) is 0 Å². The van der Waals surface area contributed by atoms with Gasteiger partial charge in [-0.15, -0.1) is 0 Å². The molecule has 0 radical (unpaired) electrons. The van der Waals surface area contributed by atoms with E-state index >= 15 is 0 Å². The molecule has 372 valence electrons. The van der Waals surface area contributed by atoms with Crippen LogP contribution in [0.4, 0.5) is 17.1 Å². The summed E-state index contributed by atoms with van der Waals surface area (Å²) in [6.07, 6.45) is 0. The molecule has 2 heteroatoms. The number of nitrogens with zero attached hydrogens (tertiary/aromatic N) is 2. The molecule has 0 saturated carbocycles. The summed E-state index contributed by atoms with van der Waals surface area (Å²) in [4.78, 5) is 2.47. The van der Waals surface area contributed by atoms with Crippen LogP contribution in [0.15, 0.2) is 303 Å². The average Bonchev–Trinajstić information content (AvgIpc) is 4.26. The van der Waals surface area contributed by atoms with Crippen LogP contribution in [0.25, 0.3) is 82.8 Å². The second-order valence-corrected chi connectivity index (χ2v) is 21.8. The van der Waals surface area contributed by atoms with Crippen LogP contribution in [-0.4, -0.2) is 4.57 Å². The first-order valence-corrected chi connectivity index (χ1v) is 27.9. The third kappa shape index (κ3) is 6.08. The van der Waals surface area contributed by atoms with Crippen molar-refractivity contribution in [3.05, 3.63) is 348 Å². The Labute approximate surface area is 465 Å². The zero-order valence-electron chi connectivity index (χ0n) is 43.8. The van der Waals surface area contributed by atoms with E-state index in [2.05, 4.69) is 313 Å². The SMILES string of the molecule is c1ccc(C2(c3ccccc3)c3ccccc3-c3ccc(N(c4ccc(-c5cccc6ccccc56)cc4)c4cccc(-c5ccc6c(c5)C5(c7ccccc7-6)c6ccccc6-n6c7ccccc7c7cccc5c76)c4)cc32)cc1. The maximum absolute atomic E-state index is 2.53. The first-order valence-electron chi connectivity index (χ1n) is 27.9. The van der Waals surface area contributed by atoms with Gasteiger partial charge in [-0.1, -0.05) is 249 Å². The van der Waals surface area contributed by atoms with Gasteiger partial charge >= 0.3 is 0 Å². The molecule has 0 amide bonds. The lowest BCUT2D eigenvalue weighted by molar-refractivity contribution is 0.749. The topological polar surface area (TPSA) is 8.17 Å². The lowest BCUT2D eigenvalue weighted by Crippen LogP contribution is -2.33. The minimum atomic E-state index is -0.552. The quantitative estimate of drug-likeness (QED) is 0.154. The van der Waals surface area contributed by atoms with Gasteiger partial charge < -0.3 is 9.47 Å². The van der Waals surface area contributed by atoms with E-state index < -0.39 is 10.8 Å². The van der Waals surface area contributed by atoms with E-state index in [1.54, 1.807) is 0 Å². The Kier molecular flexibility index (Phi) is 9.58. The van der Waals surface area contributed by atoms with Gasteiger partial charge in [0.15, 0.2) is 0 Å². The van der Waals surface area contributed by atoms with Crippen molar-refractivity contribution in [2.75, 3.05) is 4.90 Å². The minimum Gasteiger partial charge on any atom is -0.310 e. The number of hydrogen-bond donors (Lipinski definition) is 0. The molecule has 1 spiro atoms.